The number of carbonyl (C=O) groups excluding carboxylic acids is 1. The van der Waals surface area contributed by atoms with Crippen LogP contribution in [0.2, 0.25) is 0 Å². The lowest BCUT2D eigenvalue weighted by atomic mass is 9.89. The molecule has 1 unspecified atom stereocenters. The van der Waals surface area contributed by atoms with Crippen molar-refractivity contribution >= 4 is 5.97 Å². The molecular formula is C10H19NO3. The van der Waals surface area contributed by atoms with Gasteiger partial charge in [0.2, 0.25) is 0 Å². The van der Waals surface area contributed by atoms with Crippen molar-refractivity contribution in [2.75, 3.05) is 6.61 Å². The lowest BCUT2D eigenvalue weighted by Crippen LogP contribution is -2.48. The summed E-state index contributed by atoms with van der Waals surface area (Å²) >= 11 is 0. The molecule has 0 aliphatic heterocycles. The Bertz CT molecular complexity index is 190. The third kappa shape index (κ3) is 3.64. The van der Waals surface area contributed by atoms with Gasteiger partial charge in [0.15, 0.2) is 0 Å². The van der Waals surface area contributed by atoms with Crippen molar-refractivity contribution in [3.8, 4) is 0 Å². The summed E-state index contributed by atoms with van der Waals surface area (Å²) in [7, 11) is 0. The van der Waals surface area contributed by atoms with Crippen LogP contribution in [0.15, 0.2) is 0 Å². The average molecular weight is 201 g/mol. The smallest absolute Gasteiger partial charge is 0.307 e. The predicted molar refractivity (Wildman–Crippen MR) is 52.9 cm³/mol. The summed E-state index contributed by atoms with van der Waals surface area (Å²) in [5.41, 5.74) is 0. The van der Waals surface area contributed by atoms with Crippen molar-refractivity contribution in [1.29, 1.82) is 0 Å². The van der Waals surface area contributed by atoms with Gasteiger partial charge in [-0.15, -0.1) is 0 Å². The third-order valence-corrected chi connectivity index (χ3v) is 2.41. The lowest BCUT2D eigenvalue weighted by Gasteiger charge is -2.34. The Balaban J connectivity index is 2.09. The molecule has 0 aromatic carbocycles. The highest BCUT2D eigenvalue weighted by molar-refractivity contribution is 5.70. The first-order chi connectivity index (χ1) is 6.61. The number of ether oxygens (including phenoxy) is 1. The zero-order valence-electron chi connectivity index (χ0n) is 8.82. The predicted octanol–water partition coefficient (Wildman–Crippen LogP) is 0.441. The second-order valence-electron chi connectivity index (χ2n) is 3.90. The van der Waals surface area contributed by atoms with Crippen LogP contribution in [0, 0.1) is 0 Å². The second-order valence-corrected chi connectivity index (χ2v) is 3.90. The minimum atomic E-state index is -0.160. The number of rotatable bonds is 5. The number of aliphatic hydroxyl groups is 1. The zero-order chi connectivity index (χ0) is 10.6. The Morgan fingerprint density at radius 1 is 1.64 bits per heavy atom. The van der Waals surface area contributed by atoms with Crippen LogP contribution in [0.25, 0.3) is 0 Å². The molecule has 0 heterocycles. The van der Waals surface area contributed by atoms with Crippen LogP contribution < -0.4 is 5.32 Å². The molecule has 1 atom stereocenters. The van der Waals surface area contributed by atoms with Crippen LogP contribution in [0.4, 0.5) is 0 Å². The van der Waals surface area contributed by atoms with Crippen molar-refractivity contribution in [3.63, 3.8) is 0 Å². The molecular weight excluding hydrogens is 182 g/mol. The van der Waals surface area contributed by atoms with Gasteiger partial charge in [-0.05, 0) is 26.7 Å². The monoisotopic (exact) mass is 201 g/mol. The van der Waals surface area contributed by atoms with Crippen molar-refractivity contribution in [3.05, 3.63) is 0 Å². The molecule has 0 aromatic heterocycles. The third-order valence-electron chi connectivity index (χ3n) is 2.41. The van der Waals surface area contributed by atoms with E-state index in [-0.39, 0.29) is 18.1 Å². The van der Waals surface area contributed by atoms with Crippen molar-refractivity contribution in [2.45, 2.75) is 51.3 Å². The minimum Gasteiger partial charge on any atom is -0.466 e. The van der Waals surface area contributed by atoms with Crippen LogP contribution in [0.1, 0.15) is 33.1 Å². The number of hydrogen-bond acceptors (Lipinski definition) is 4. The van der Waals surface area contributed by atoms with E-state index >= 15 is 0 Å². The minimum absolute atomic E-state index is 0.131. The standard InChI is InChI=1S/C10H19NO3/c1-3-14-10(13)4-7(2)11-8-5-9(12)6-8/h7-9,11-12H,3-6H2,1-2H3. The molecule has 0 radical (unpaired) electrons. The largest absolute Gasteiger partial charge is 0.466 e. The molecule has 1 rings (SSSR count). The van der Waals surface area contributed by atoms with Crippen LogP contribution in [0.3, 0.4) is 0 Å². The fraction of sp³-hybridized carbons (Fsp3) is 0.900. The fourth-order valence-corrected chi connectivity index (χ4v) is 1.66. The van der Waals surface area contributed by atoms with Crippen molar-refractivity contribution in [2.24, 2.45) is 0 Å². The van der Waals surface area contributed by atoms with E-state index in [1.165, 1.54) is 0 Å². The molecule has 0 saturated heterocycles. The van der Waals surface area contributed by atoms with E-state index in [1.807, 2.05) is 6.92 Å². The quantitative estimate of drug-likeness (QED) is 0.634. The topological polar surface area (TPSA) is 58.6 Å². The molecule has 0 bridgehead atoms. The van der Waals surface area contributed by atoms with E-state index in [1.54, 1.807) is 6.92 Å². The van der Waals surface area contributed by atoms with Gasteiger partial charge in [0.25, 0.3) is 0 Å². The summed E-state index contributed by atoms with van der Waals surface area (Å²) in [5, 5.41) is 12.3. The van der Waals surface area contributed by atoms with Crippen LogP contribution in [0.5, 0.6) is 0 Å². The van der Waals surface area contributed by atoms with Gasteiger partial charge in [-0.3, -0.25) is 4.79 Å². The number of carbonyl (C=O) groups is 1. The Morgan fingerprint density at radius 3 is 2.79 bits per heavy atom. The second kappa shape index (κ2) is 5.32. The van der Waals surface area contributed by atoms with E-state index in [0.717, 1.165) is 12.8 Å². The van der Waals surface area contributed by atoms with Gasteiger partial charge < -0.3 is 15.2 Å². The molecule has 0 spiro atoms. The van der Waals surface area contributed by atoms with Gasteiger partial charge in [-0.2, -0.15) is 0 Å². The van der Waals surface area contributed by atoms with E-state index in [0.29, 0.717) is 19.1 Å². The van der Waals surface area contributed by atoms with Gasteiger partial charge in [0, 0.05) is 12.1 Å². The Morgan fingerprint density at radius 2 is 2.29 bits per heavy atom. The van der Waals surface area contributed by atoms with E-state index in [4.69, 9.17) is 9.84 Å². The molecule has 0 amide bonds. The summed E-state index contributed by atoms with van der Waals surface area (Å²) in [4.78, 5) is 11.1. The number of hydrogen-bond donors (Lipinski definition) is 2. The molecule has 82 valence electrons. The van der Waals surface area contributed by atoms with E-state index in [2.05, 4.69) is 5.32 Å². The first kappa shape index (κ1) is 11.5. The maximum absolute atomic E-state index is 11.1. The molecule has 0 aromatic rings. The van der Waals surface area contributed by atoms with Gasteiger partial charge in [-0.1, -0.05) is 0 Å². The molecule has 14 heavy (non-hydrogen) atoms. The van der Waals surface area contributed by atoms with Crippen LogP contribution in [-0.4, -0.2) is 35.9 Å². The molecule has 1 saturated carbocycles. The Hall–Kier alpha value is -0.610. The van der Waals surface area contributed by atoms with Crippen LogP contribution in [-0.2, 0) is 9.53 Å². The number of nitrogens with one attached hydrogen (secondary N) is 1. The normalized spacial score (nSPS) is 27.9. The summed E-state index contributed by atoms with van der Waals surface area (Å²) < 4.78 is 4.84. The van der Waals surface area contributed by atoms with Gasteiger partial charge in [-0.25, -0.2) is 0 Å². The van der Waals surface area contributed by atoms with Crippen molar-refractivity contribution < 1.29 is 14.6 Å². The molecule has 1 aliphatic rings. The first-order valence-corrected chi connectivity index (χ1v) is 5.21. The van der Waals surface area contributed by atoms with E-state index in [9.17, 15) is 4.79 Å². The van der Waals surface area contributed by atoms with Crippen molar-refractivity contribution in [1.82, 2.24) is 5.32 Å². The number of esters is 1. The fourth-order valence-electron chi connectivity index (χ4n) is 1.66. The summed E-state index contributed by atoms with van der Waals surface area (Å²) in [6, 6.07) is 0.501. The van der Waals surface area contributed by atoms with Crippen LogP contribution >= 0.6 is 0 Å². The molecule has 4 heteroatoms. The van der Waals surface area contributed by atoms with Gasteiger partial charge in [0.1, 0.15) is 0 Å². The SMILES string of the molecule is CCOC(=O)CC(C)NC1CC(O)C1. The van der Waals surface area contributed by atoms with E-state index < -0.39 is 0 Å². The average Bonchev–Trinajstić information content (AvgIpc) is 2.01. The molecule has 4 nitrogen and oxygen atoms in total. The summed E-state index contributed by atoms with van der Waals surface area (Å²) in [6.45, 7) is 4.20. The highest BCUT2D eigenvalue weighted by Crippen LogP contribution is 2.20. The maximum Gasteiger partial charge on any atom is 0.307 e. The lowest BCUT2D eigenvalue weighted by molar-refractivity contribution is -0.143. The van der Waals surface area contributed by atoms with Gasteiger partial charge in [0.05, 0.1) is 19.1 Å². The molecule has 1 aliphatic carbocycles. The first-order valence-electron chi connectivity index (χ1n) is 5.21. The Labute approximate surface area is 84.6 Å². The highest BCUT2D eigenvalue weighted by Gasteiger charge is 2.28. The summed E-state index contributed by atoms with van der Waals surface area (Å²) in [6.07, 6.45) is 1.85. The molecule has 1 fully saturated rings. The zero-order valence-corrected chi connectivity index (χ0v) is 8.82. The van der Waals surface area contributed by atoms with Gasteiger partial charge >= 0.3 is 5.97 Å². The molecule has 2 N–H and O–H groups in total. The summed E-state index contributed by atoms with van der Waals surface area (Å²) in [5.74, 6) is -0.160. The number of aliphatic hydroxyl groups excluding tert-OH is 1. The highest BCUT2D eigenvalue weighted by atomic mass is 16.5. The Kier molecular flexibility index (Phi) is 4.35. The maximum atomic E-state index is 11.1.